The standard InChI is InChI=1S/C23H25FN2O3/c1-23(2,3)29-22(27)26-13-11-17-18(12-14-26)25-19-5-4-6-20(21(17)19)28-16-9-7-15(24)8-10-16/h4-10,25H,11-14H2,1-3H3. The second-order valence-electron chi connectivity index (χ2n) is 8.28. The van der Waals surface area contributed by atoms with Crippen LogP contribution in [0, 0.1) is 5.82 Å². The monoisotopic (exact) mass is 396 g/mol. The molecule has 1 N–H and O–H groups in total. The van der Waals surface area contributed by atoms with E-state index in [2.05, 4.69) is 4.98 Å². The summed E-state index contributed by atoms with van der Waals surface area (Å²) in [4.78, 5) is 17.7. The van der Waals surface area contributed by atoms with Gasteiger partial charge >= 0.3 is 6.09 Å². The molecule has 3 aromatic rings. The lowest BCUT2D eigenvalue weighted by molar-refractivity contribution is 0.0258. The molecule has 0 atom stereocenters. The van der Waals surface area contributed by atoms with Crippen molar-refractivity contribution in [2.45, 2.75) is 39.2 Å². The molecule has 1 aliphatic rings. The largest absolute Gasteiger partial charge is 0.457 e. The van der Waals surface area contributed by atoms with E-state index in [0.717, 1.165) is 34.3 Å². The molecule has 0 radical (unpaired) electrons. The highest BCUT2D eigenvalue weighted by Gasteiger charge is 2.26. The molecule has 1 amide bonds. The highest BCUT2D eigenvalue weighted by Crippen LogP contribution is 2.35. The fourth-order valence-corrected chi connectivity index (χ4v) is 3.65. The number of amides is 1. The maximum absolute atomic E-state index is 13.2. The molecular formula is C23H25FN2O3. The van der Waals surface area contributed by atoms with Gasteiger partial charge in [-0.25, -0.2) is 9.18 Å². The van der Waals surface area contributed by atoms with Crippen LogP contribution in [0.1, 0.15) is 32.0 Å². The fraction of sp³-hybridized carbons (Fsp3) is 0.348. The summed E-state index contributed by atoms with van der Waals surface area (Å²) in [6.45, 7) is 6.80. The zero-order valence-corrected chi connectivity index (χ0v) is 16.9. The van der Waals surface area contributed by atoms with Gasteiger partial charge in [0, 0.05) is 36.1 Å². The minimum Gasteiger partial charge on any atom is -0.457 e. The zero-order valence-electron chi connectivity index (χ0n) is 16.9. The van der Waals surface area contributed by atoms with Crippen LogP contribution in [-0.2, 0) is 17.6 Å². The summed E-state index contributed by atoms with van der Waals surface area (Å²) in [6, 6.07) is 11.9. The SMILES string of the molecule is CC(C)(C)OC(=O)N1CCc2[nH]c3cccc(Oc4ccc(F)cc4)c3c2CC1. The molecule has 5 nitrogen and oxygen atoms in total. The fourth-order valence-electron chi connectivity index (χ4n) is 3.65. The van der Waals surface area contributed by atoms with Crippen LogP contribution in [-0.4, -0.2) is 34.7 Å². The van der Waals surface area contributed by atoms with Crippen molar-refractivity contribution in [3.63, 3.8) is 0 Å². The summed E-state index contributed by atoms with van der Waals surface area (Å²) in [5.41, 5.74) is 2.76. The van der Waals surface area contributed by atoms with Gasteiger partial charge in [-0.3, -0.25) is 0 Å². The number of carbonyl (C=O) groups is 1. The van der Waals surface area contributed by atoms with E-state index in [1.165, 1.54) is 12.1 Å². The molecule has 0 spiro atoms. The molecule has 2 aromatic carbocycles. The van der Waals surface area contributed by atoms with Crippen molar-refractivity contribution in [3.05, 3.63) is 59.5 Å². The van der Waals surface area contributed by atoms with Crippen molar-refractivity contribution in [1.29, 1.82) is 0 Å². The first-order valence-electron chi connectivity index (χ1n) is 9.84. The summed E-state index contributed by atoms with van der Waals surface area (Å²) in [7, 11) is 0. The molecule has 29 heavy (non-hydrogen) atoms. The first-order chi connectivity index (χ1) is 13.8. The molecule has 1 aromatic heterocycles. The third-order valence-electron chi connectivity index (χ3n) is 4.93. The van der Waals surface area contributed by atoms with E-state index < -0.39 is 5.60 Å². The van der Waals surface area contributed by atoms with Gasteiger partial charge < -0.3 is 19.4 Å². The third kappa shape index (κ3) is 4.21. The minimum absolute atomic E-state index is 0.283. The van der Waals surface area contributed by atoms with E-state index in [0.29, 0.717) is 25.3 Å². The molecule has 4 rings (SSSR count). The summed E-state index contributed by atoms with van der Waals surface area (Å²) in [6.07, 6.45) is 1.15. The molecule has 0 bridgehead atoms. The van der Waals surface area contributed by atoms with Crippen LogP contribution in [0.15, 0.2) is 42.5 Å². The van der Waals surface area contributed by atoms with Crippen LogP contribution in [0.5, 0.6) is 11.5 Å². The van der Waals surface area contributed by atoms with Gasteiger partial charge in [-0.15, -0.1) is 0 Å². The average molecular weight is 396 g/mol. The van der Waals surface area contributed by atoms with Crippen LogP contribution < -0.4 is 4.74 Å². The van der Waals surface area contributed by atoms with Gasteiger partial charge in [0.2, 0.25) is 0 Å². The number of hydrogen-bond acceptors (Lipinski definition) is 3. The maximum atomic E-state index is 13.2. The predicted molar refractivity (Wildman–Crippen MR) is 110 cm³/mol. The quantitative estimate of drug-likeness (QED) is 0.628. The van der Waals surface area contributed by atoms with Crippen LogP contribution in [0.3, 0.4) is 0 Å². The highest BCUT2D eigenvalue weighted by atomic mass is 19.1. The molecule has 6 heteroatoms. The topological polar surface area (TPSA) is 54.6 Å². The molecule has 2 heterocycles. The first-order valence-corrected chi connectivity index (χ1v) is 9.84. The van der Waals surface area contributed by atoms with Crippen LogP contribution in [0.2, 0.25) is 0 Å². The van der Waals surface area contributed by atoms with E-state index in [4.69, 9.17) is 9.47 Å². The Hall–Kier alpha value is -3.02. The predicted octanol–water partition coefficient (Wildman–Crippen LogP) is 5.44. The Morgan fingerprint density at radius 2 is 1.79 bits per heavy atom. The number of hydrogen-bond donors (Lipinski definition) is 1. The van der Waals surface area contributed by atoms with Gasteiger partial charge in [-0.2, -0.15) is 0 Å². The van der Waals surface area contributed by atoms with Gasteiger partial charge in [0.1, 0.15) is 22.9 Å². The number of fused-ring (bicyclic) bond motifs is 3. The summed E-state index contributed by atoms with van der Waals surface area (Å²) in [5.74, 6) is 1.00. The Morgan fingerprint density at radius 1 is 1.07 bits per heavy atom. The number of carbonyl (C=O) groups excluding carboxylic acids is 1. The lowest BCUT2D eigenvalue weighted by atomic mass is 10.1. The van der Waals surface area contributed by atoms with Crippen LogP contribution >= 0.6 is 0 Å². The van der Waals surface area contributed by atoms with Gasteiger partial charge in [0.25, 0.3) is 0 Å². The van der Waals surface area contributed by atoms with Gasteiger partial charge in [0.15, 0.2) is 0 Å². The van der Waals surface area contributed by atoms with Gasteiger partial charge in [-0.1, -0.05) is 6.07 Å². The molecule has 0 fully saturated rings. The second kappa shape index (κ2) is 7.43. The van der Waals surface area contributed by atoms with E-state index in [1.54, 1.807) is 17.0 Å². The molecular weight excluding hydrogens is 371 g/mol. The van der Waals surface area contributed by atoms with Crippen molar-refractivity contribution >= 4 is 17.0 Å². The molecule has 0 unspecified atom stereocenters. The second-order valence-corrected chi connectivity index (χ2v) is 8.28. The average Bonchev–Trinajstić information content (AvgIpc) is 2.88. The summed E-state index contributed by atoms with van der Waals surface area (Å²) < 4.78 is 24.8. The number of halogens is 1. The van der Waals surface area contributed by atoms with Crippen molar-refractivity contribution in [2.24, 2.45) is 0 Å². The molecule has 0 aliphatic carbocycles. The molecule has 0 saturated carbocycles. The van der Waals surface area contributed by atoms with Crippen molar-refractivity contribution in [2.75, 3.05) is 13.1 Å². The molecule has 0 saturated heterocycles. The number of rotatable bonds is 2. The highest BCUT2D eigenvalue weighted by molar-refractivity contribution is 5.91. The Balaban J connectivity index is 1.61. The first kappa shape index (κ1) is 19.3. The smallest absolute Gasteiger partial charge is 0.410 e. The van der Waals surface area contributed by atoms with Crippen LogP contribution in [0.4, 0.5) is 9.18 Å². The summed E-state index contributed by atoms with van der Waals surface area (Å²) >= 11 is 0. The van der Waals surface area contributed by atoms with Crippen molar-refractivity contribution in [1.82, 2.24) is 9.88 Å². The Labute approximate surface area is 169 Å². The van der Waals surface area contributed by atoms with E-state index in [1.807, 2.05) is 39.0 Å². The van der Waals surface area contributed by atoms with Crippen molar-refractivity contribution in [3.8, 4) is 11.5 Å². The number of nitrogens with one attached hydrogen (secondary N) is 1. The normalized spacial score (nSPS) is 14.4. The van der Waals surface area contributed by atoms with E-state index >= 15 is 0 Å². The number of aromatic amines is 1. The lowest BCUT2D eigenvalue weighted by Gasteiger charge is -2.26. The Morgan fingerprint density at radius 3 is 2.52 bits per heavy atom. The van der Waals surface area contributed by atoms with Crippen LogP contribution in [0.25, 0.3) is 10.9 Å². The Kier molecular flexibility index (Phi) is 4.94. The number of nitrogens with zero attached hydrogens (tertiary/aromatic N) is 1. The van der Waals surface area contributed by atoms with Gasteiger partial charge in [0.05, 0.1) is 0 Å². The van der Waals surface area contributed by atoms with Gasteiger partial charge in [-0.05, 0) is 69.2 Å². The maximum Gasteiger partial charge on any atom is 0.410 e. The third-order valence-corrected chi connectivity index (χ3v) is 4.93. The number of H-pyrrole nitrogens is 1. The minimum atomic E-state index is -0.513. The molecule has 1 aliphatic heterocycles. The zero-order chi connectivity index (χ0) is 20.6. The number of ether oxygens (including phenoxy) is 2. The number of benzene rings is 2. The molecule has 152 valence electrons. The number of aromatic nitrogens is 1. The van der Waals surface area contributed by atoms with Crippen molar-refractivity contribution < 1.29 is 18.7 Å². The van der Waals surface area contributed by atoms with E-state index in [9.17, 15) is 9.18 Å². The Bertz CT molecular complexity index is 1030. The summed E-state index contributed by atoms with van der Waals surface area (Å²) in [5, 5.41) is 1.01. The lowest BCUT2D eigenvalue weighted by Crippen LogP contribution is -2.38. The van der Waals surface area contributed by atoms with E-state index in [-0.39, 0.29) is 11.9 Å².